The zero-order valence-electron chi connectivity index (χ0n) is 18.1. The molecule has 0 amide bonds. The number of guanidine groups is 1. The Morgan fingerprint density at radius 2 is 1.84 bits per heavy atom. The number of anilines is 1. The molecule has 1 saturated heterocycles. The summed E-state index contributed by atoms with van der Waals surface area (Å²) >= 11 is 6.58. The molecule has 166 valence electrons. The van der Waals surface area contributed by atoms with Crippen LogP contribution in [0, 0.1) is 0 Å². The number of para-hydroxylation sites is 2. The Balaban J connectivity index is 1.34. The normalized spacial score (nSPS) is 19.3. The van der Waals surface area contributed by atoms with E-state index in [1.54, 1.807) is 7.05 Å². The number of halogens is 1. The topological polar surface area (TPSA) is 61.4 Å². The largest absolute Gasteiger partial charge is 0.486 e. The molecule has 2 aliphatic heterocycles. The van der Waals surface area contributed by atoms with Crippen LogP contribution < -0.4 is 25.0 Å². The standard InChI is InChI=1S/C23H30ClN5O2/c1-25-23(26-14-17-16-30-21-8-3-4-9-22(21)31-17)27-15-18-19(24)6-5-7-20(18)29-12-10-28(2)11-13-29/h3-9,17H,10-16H2,1-2H3,(H2,25,26,27). The third kappa shape index (κ3) is 5.35. The van der Waals surface area contributed by atoms with E-state index in [2.05, 4.69) is 38.5 Å². The molecular weight excluding hydrogens is 414 g/mol. The summed E-state index contributed by atoms with van der Waals surface area (Å²) in [5, 5.41) is 7.49. The summed E-state index contributed by atoms with van der Waals surface area (Å²) in [6.45, 7) is 5.77. The van der Waals surface area contributed by atoms with Crippen LogP contribution in [0.25, 0.3) is 0 Å². The summed E-state index contributed by atoms with van der Waals surface area (Å²) in [6, 6.07) is 13.8. The van der Waals surface area contributed by atoms with E-state index in [4.69, 9.17) is 21.1 Å². The van der Waals surface area contributed by atoms with Crippen molar-refractivity contribution < 1.29 is 9.47 Å². The highest BCUT2D eigenvalue weighted by atomic mass is 35.5. The van der Waals surface area contributed by atoms with E-state index in [1.807, 2.05) is 36.4 Å². The van der Waals surface area contributed by atoms with Gasteiger partial charge in [0.1, 0.15) is 12.7 Å². The molecule has 1 fully saturated rings. The number of piperazine rings is 1. The number of ether oxygens (including phenoxy) is 2. The minimum Gasteiger partial charge on any atom is -0.486 e. The fourth-order valence-electron chi connectivity index (χ4n) is 3.83. The van der Waals surface area contributed by atoms with Gasteiger partial charge in [-0.05, 0) is 31.3 Å². The predicted molar refractivity (Wildman–Crippen MR) is 126 cm³/mol. The van der Waals surface area contributed by atoms with Gasteiger partial charge in [-0.2, -0.15) is 0 Å². The van der Waals surface area contributed by atoms with Crippen LogP contribution in [0.4, 0.5) is 5.69 Å². The lowest BCUT2D eigenvalue weighted by Gasteiger charge is -2.35. The Hall–Kier alpha value is -2.64. The SMILES string of the molecule is CN=C(NCc1c(Cl)cccc1N1CCN(C)CC1)NCC1COc2ccccc2O1. The smallest absolute Gasteiger partial charge is 0.191 e. The van der Waals surface area contributed by atoms with Crippen LogP contribution >= 0.6 is 11.6 Å². The van der Waals surface area contributed by atoms with Crippen molar-refractivity contribution in [3.8, 4) is 11.5 Å². The summed E-state index contributed by atoms with van der Waals surface area (Å²) in [5.41, 5.74) is 2.27. The summed E-state index contributed by atoms with van der Waals surface area (Å²) in [7, 11) is 3.92. The molecule has 0 radical (unpaired) electrons. The maximum absolute atomic E-state index is 6.58. The molecule has 31 heavy (non-hydrogen) atoms. The average Bonchev–Trinajstić information content (AvgIpc) is 2.80. The minimum absolute atomic E-state index is 0.0883. The van der Waals surface area contributed by atoms with Gasteiger partial charge in [-0.3, -0.25) is 4.99 Å². The maximum atomic E-state index is 6.58. The van der Waals surface area contributed by atoms with Crippen molar-refractivity contribution >= 4 is 23.2 Å². The molecule has 8 heteroatoms. The first kappa shape index (κ1) is 21.6. The second-order valence-electron chi connectivity index (χ2n) is 7.83. The molecule has 4 rings (SSSR count). The molecule has 0 bridgehead atoms. The summed E-state index contributed by atoms with van der Waals surface area (Å²) < 4.78 is 11.8. The fourth-order valence-corrected chi connectivity index (χ4v) is 4.07. The maximum Gasteiger partial charge on any atom is 0.191 e. The molecule has 2 aromatic rings. The number of hydrogen-bond donors (Lipinski definition) is 2. The van der Waals surface area contributed by atoms with Crippen LogP contribution in [0.2, 0.25) is 5.02 Å². The van der Waals surface area contributed by atoms with Crippen LogP contribution in [-0.2, 0) is 6.54 Å². The highest BCUT2D eigenvalue weighted by Gasteiger charge is 2.21. The van der Waals surface area contributed by atoms with Gasteiger partial charge in [-0.1, -0.05) is 29.8 Å². The molecule has 0 saturated carbocycles. The number of hydrogen-bond acceptors (Lipinski definition) is 5. The number of rotatable bonds is 5. The molecular formula is C23H30ClN5O2. The molecule has 1 unspecified atom stereocenters. The van der Waals surface area contributed by atoms with Crippen LogP contribution in [0.3, 0.4) is 0 Å². The third-order valence-electron chi connectivity index (χ3n) is 5.66. The van der Waals surface area contributed by atoms with Crippen LogP contribution in [-0.4, -0.2) is 70.4 Å². The summed E-state index contributed by atoms with van der Waals surface area (Å²) in [4.78, 5) is 9.10. The second-order valence-corrected chi connectivity index (χ2v) is 8.24. The molecule has 2 heterocycles. The van der Waals surface area contributed by atoms with Gasteiger partial charge < -0.3 is 29.9 Å². The third-order valence-corrected chi connectivity index (χ3v) is 6.01. The molecule has 2 N–H and O–H groups in total. The monoisotopic (exact) mass is 443 g/mol. The van der Waals surface area contributed by atoms with Gasteiger partial charge in [0.2, 0.25) is 0 Å². The van der Waals surface area contributed by atoms with Crippen molar-refractivity contribution in [1.82, 2.24) is 15.5 Å². The number of nitrogens with one attached hydrogen (secondary N) is 2. The minimum atomic E-state index is -0.0883. The Morgan fingerprint density at radius 3 is 2.61 bits per heavy atom. The summed E-state index contributed by atoms with van der Waals surface area (Å²) in [6.07, 6.45) is -0.0883. The molecule has 0 aromatic heterocycles. The van der Waals surface area contributed by atoms with Gasteiger partial charge in [-0.15, -0.1) is 0 Å². The second kappa shape index (κ2) is 10.1. The van der Waals surface area contributed by atoms with Crippen LogP contribution in [0.15, 0.2) is 47.5 Å². The highest BCUT2D eigenvalue weighted by molar-refractivity contribution is 6.31. The van der Waals surface area contributed by atoms with E-state index in [0.717, 1.165) is 48.3 Å². The van der Waals surface area contributed by atoms with Crippen molar-refractivity contribution in [3.05, 3.63) is 53.1 Å². The van der Waals surface area contributed by atoms with Crippen molar-refractivity contribution in [1.29, 1.82) is 0 Å². The molecule has 0 aliphatic carbocycles. The van der Waals surface area contributed by atoms with E-state index in [9.17, 15) is 0 Å². The van der Waals surface area contributed by atoms with E-state index in [1.165, 1.54) is 5.69 Å². The first-order valence-corrected chi connectivity index (χ1v) is 11.1. The van der Waals surface area contributed by atoms with Crippen molar-refractivity contribution in [2.75, 3.05) is 58.3 Å². The molecule has 2 aliphatic rings. The van der Waals surface area contributed by atoms with Gasteiger partial charge in [-0.25, -0.2) is 0 Å². The van der Waals surface area contributed by atoms with Crippen molar-refractivity contribution in [2.45, 2.75) is 12.6 Å². The number of benzene rings is 2. The van der Waals surface area contributed by atoms with Gasteiger partial charge in [0.05, 0.1) is 6.54 Å². The van der Waals surface area contributed by atoms with Crippen LogP contribution in [0.5, 0.6) is 11.5 Å². The zero-order chi connectivity index (χ0) is 21.6. The Kier molecular flexibility index (Phi) is 7.04. The quantitative estimate of drug-likeness (QED) is 0.547. The fraction of sp³-hybridized carbons (Fsp3) is 0.435. The summed E-state index contributed by atoms with van der Waals surface area (Å²) in [5.74, 6) is 2.26. The zero-order valence-corrected chi connectivity index (χ0v) is 18.9. The van der Waals surface area contributed by atoms with E-state index in [0.29, 0.717) is 25.7 Å². The number of likely N-dealkylation sites (N-methyl/N-ethyl adjacent to an activating group) is 1. The lowest BCUT2D eigenvalue weighted by molar-refractivity contribution is 0.0936. The first-order chi connectivity index (χ1) is 15.1. The van der Waals surface area contributed by atoms with E-state index in [-0.39, 0.29) is 6.10 Å². The van der Waals surface area contributed by atoms with Gasteiger partial charge in [0.25, 0.3) is 0 Å². The van der Waals surface area contributed by atoms with Gasteiger partial charge in [0.15, 0.2) is 17.5 Å². The Morgan fingerprint density at radius 1 is 1.06 bits per heavy atom. The Bertz CT molecular complexity index is 915. The van der Waals surface area contributed by atoms with Crippen LogP contribution in [0.1, 0.15) is 5.56 Å². The molecule has 1 atom stereocenters. The average molecular weight is 444 g/mol. The number of aliphatic imine (C=N–C) groups is 1. The molecule has 0 spiro atoms. The lowest BCUT2D eigenvalue weighted by atomic mass is 10.1. The molecule has 2 aromatic carbocycles. The van der Waals surface area contributed by atoms with Gasteiger partial charge in [0, 0.05) is 56.0 Å². The lowest BCUT2D eigenvalue weighted by Crippen LogP contribution is -2.46. The predicted octanol–water partition coefficient (Wildman–Crippen LogP) is 2.60. The van der Waals surface area contributed by atoms with E-state index >= 15 is 0 Å². The van der Waals surface area contributed by atoms with Crippen molar-refractivity contribution in [3.63, 3.8) is 0 Å². The Labute approximate surface area is 189 Å². The number of fused-ring (bicyclic) bond motifs is 1. The van der Waals surface area contributed by atoms with E-state index < -0.39 is 0 Å². The first-order valence-electron chi connectivity index (χ1n) is 10.7. The van der Waals surface area contributed by atoms with Crippen molar-refractivity contribution in [2.24, 2.45) is 4.99 Å². The molecule has 7 nitrogen and oxygen atoms in total. The van der Waals surface area contributed by atoms with Gasteiger partial charge >= 0.3 is 0 Å². The number of nitrogens with zero attached hydrogens (tertiary/aromatic N) is 3. The highest BCUT2D eigenvalue weighted by Crippen LogP contribution is 2.31.